The molecule has 110 valence electrons. The van der Waals surface area contributed by atoms with Crippen LogP contribution in [0.25, 0.3) is 0 Å². The third-order valence-electron chi connectivity index (χ3n) is 3.06. The second-order valence-corrected chi connectivity index (χ2v) is 7.01. The molecule has 1 saturated heterocycles. The van der Waals surface area contributed by atoms with Crippen molar-refractivity contribution in [3.05, 3.63) is 16.2 Å². The van der Waals surface area contributed by atoms with Crippen molar-refractivity contribution < 1.29 is 17.1 Å². The molecule has 2 N–H and O–H groups in total. The molecular formula is C11H13BrFN3O3S. The first-order valence-electron chi connectivity index (χ1n) is 5.82. The van der Waals surface area contributed by atoms with E-state index in [1.807, 2.05) is 0 Å². The lowest BCUT2D eigenvalue weighted by Gasteiger charge is -2.18. The van der Waals surface area contributed by atoms with Gasteiger partial charge in [0.15, 0.2) is 5.82 Å². The van der Waals surface area contributed by atoms with Crippen LogP contribution in [-0.4, -0.2) is 31.6 Å². The van der Waals surface area contributed by atoms with Gasteiger partial charge in [0, 0.05) is 23.4 Å². The number of hydrogen-bond donors (Lipinski definition) is 1. The van der Waals surface area contributed by atoms with Crippen LogP contribution in [0.2, 0.25) is 0 Å². The Morgan fingerprint density at radius 1 is 1.60 bits per heavy atom. The first-order chi connectivity index (χ1) is 9.17. The summed E-state index contributed by atoms with van der Waals surface area (Å²) in [7, 11) is -4.60. The summed E-state index contributed by atoms with van der Waals surface area (Å²) in [5, 5.41) is 0. The zero-order valence-corrected chi connectivity index (χ0v) is 13.0. The number of nitrogen functional groups attached to an aromatic ring is 1. The standard InChI is InChI=1S/C11H13BrFN3O3S/c1-6-8(12)3-9(14)11(15-6)16-4-7(2-10(16)17)5-20(13,18)19/h3,7H,2,4-5,14H2,1H3. The molecule has 1 aromatic heterocycles. The minimum absolute atomic E-state index is 0.0284. The molecule has 20 heavy (non-hydrogen) atoms. The Labute approximate surface area is 124 Å². The van der Waals surface area contributed by atoms with Crippen LogP contribution in [0.4, 0.5) is 15.4 Å². The lowest BCUT2D eigenvalue weighted by atomic mass is 10.1. The van der Waals surface area contributed by atoms with Crippen LogP contribution in [0.15, 0.2) is 10.5 Å². The molecule has 0 bridgehead atoms. The van der Waals surface area contributed by atoms with Gasteiger partial charge in [0.1, 0.15) is 0 Å². The fourth-order valence-electron chi connectivity index (χ4n) is 2.18. The second-order valence-electron chi connectivity index (χ2n) is 4.75. The maximum atomic E-state index is 12.7. The maximum Gasteiger partial charge on any atom is 0.302 e. The monoisotopic (exact) mass is 365 g/mol. The Kier molecular flexibility index (Phi) is 4.01. The number of nitrogens with zero attached hydrogens (tertiary/aromatic N) is 2. The predicted octanol–water partition coefficient (Wildman–Crippen LogP) is 1.39. The molecule has 1 fully saturated rings. The van der Waals surface area contributed by atoms with E-state index in [-0.39, 0.29) is 24.7 Å². The fourth-order valence-corrected chi connectivity index (χ4v) is 3.30. The number of carbonyl (C=O) groups is 1. The van der Waals surface area contributed by atoms with Gasteiger partial charge < -0.3 is 5.73 Å². The zero-order chi connectivity index (χ0) is 15.1. The first-order valence-corrected chi connectivity index (χ1v) is 8.17. The minimum atomic E-state index is -4.60. The Hall–Kier alpha value is -1.22. The number of aromatic nitrogens is 1. The van der Waals surface area contributed by atoms with E-state index in [2.05, 4.69) is 20.9 Å². The molecule has 0 aromatic carbocycles. The maximum absolute atomic E-state index is 12.7. The highest BCUT2D eigenvalue weighted by Gasteiger charge is 2.35. The first kappa shape index (κ1) is 15.2. The molecular weight excluding hydrogens is 353 g/mol. The summed E-state index contributed by atoms with van der Waals surface area (Å²) in [4.78, 5) is 17.5. The summed E-state index contributed by atoms with van der Waals surface area (Å²) in [6.45, 7) is 1.84. The average Bonchev–Trinajstić information content (AvgIpc) is 2.62. The summed E-state index contributed by atoms with van der Waals surface area (Å²) in [5.74, 6) is -1.26. The van der Waals surface area contributed by atoms with Crippen molar-refractivity contribution in [2.24, 2.45) is 5.92 Å². The van der Waals surface area contributed by atoms with Gasteiger partial charge in [0.2, 0.25) is 5.91 Å². The molecule has 2 rings (SSSR count). The Morgan fingerprint density at radius 3 is 2.85 bits per heavy atom. The quantitative estimate of drug-likeness (QED) is 0.816. The number of hydrogen-bond acceptors (Lipinski definition) is 5. The van der Waals surface area contributed by atoms with Crippen LogP contribution in [0.5, 0.6) is 0 Å². The number of amides is 1. The Bertz CT molecular complexity index is 665. The molecule has 1 aliphatic heterocycles. The lowest BCUT2D eigenvalue weighted by molar-refractivity contribution is -0.117. The third-order valence-corrected chi connectivity index (χ3v) is 4.73. The van der Waals surface area contributed by atoms with E-state index >= 15 is 0 Å². The molecule has 0 radical (unpaired) electrons. The van der Waals surface area contributed by atoms with Crippen molar-refractivity contribution in [1.29, 1.82) is 0 Å². The summed E-state index contributed by atoms with van der Waals surface area (Å²) in [6.07, 6.45) is -0.0284. The van der Waals surface area contributed by atoms with Crippen molar-refractivity contribution in [2.45, 2.75) is 13.3 Å². The number of pyridine rings is 1. The van der Waals surface area contributed by atoms with Gasteiger partial charge in [-0.3, -0.25) is 9.69 Å². The van der Waals surface area contributed by atoms with Gasteiger partial charge >= 0.3 is 10.2 Å². The van der Waals surface area contributed by atoms with E-state index in [0.29, 0.717) is 15.9 Å². The molecule has 1 amide bonds. The third kappa shape index (κ3) is 3.26. The van der Waals surface area contributed by atoms with Gasteiger partial charge in [-0.05, 0) is 28.9 Å². The fraction of sp³-hybridized carbons (Fsp3) is 0.455. The van der Waals surface area contributed by atoms with Gasteiger partial charge in [0.05, 0.1) is 17.1 Å². The predicted molar refractivity (Wildman–Crippen MR) is 76.4 cm³/mol. The van der Waals surface area contributed by atoms with E-state index < -0.39 is 21.9 Å². The molecule has 1 aliphatic rings. The second kappa shape index (κ2) is 5.28. The molecule has 0 aliphatic carbocycles. The van der Waals surface area contributed by atoms with Crippen molar-refractivity contribution in [2.75, 3.05) is 22.9 Å². The number of rotatable bonds is 3. The van der Waals surface area contributed by atoms with Crippen LogP contribution < -0.4 is 10.6 Å². The number of aryl methyl sites for hydroxylation is 1. The molecule has 1 unspecified atom stereocenters. The largest absolute Gasteiger partial charge is 0.396 e. The zero-order valence-electron chi connectivity index (χ0n) is 10.6. The van der Waals surface area contributed by atoms with E-state index in [4.69, 9.17) is 5.73 Å². The van der Waals surface area contributed by atoms with E-state index in [1.165, 1.54) is 4.90 Å². The van der Waals surface area contributed by atoms with Crippen LogP contribution in [0, 0.1) is 12.8 Å². The number of carbonyl (C=O) groups excluding carboxylic acids is 1. The summed E-state index contributed by atoms with van der Waals surface area (Å²) >= 11 is 3.28. The summed E-state index contributed by atoms with van der Waals surface area (Å²) in [6, 6.07) is 1.63. The van der Waals surface area contributed by atoms with Crippen molar-refractivity contribution >= 4 is 43.6 Å². The summed E-state index contributed by atoms with van der Waals surface area (Å²) < 4.78 is 34.7. The normalized spacial score (nSPS) is 19.6. The van der Waals surface area contributed by atoms with Gasteiger partial charge in [-0.15, -0.1) is 3.89 Å². The van der Waals surface area contributed by atoms with Gasteiger partial charge in [-0.25, -0.2) is 4.98 Å². The smallest absolute Gasteiger partial charge is 0.302 e. The molecule has 0 saturated carbocycles. The topological polar surface area (TPSA) is 93.4 Å². The van der Waals surface area contributed by atoms with Gasteiger partial charge in [-0.2, -0.15) is 8.42 Å². The molecule has 9 heteroatoms. The molecule has 1 aromatic rings. The van der Waals surface area contributed by atoms with Crippen LogP contribution in [0.1, 0.15) is 12.1 Å². The molecule has 6 nitrogen and oxygen atoms in total. The van der Waals surface area contributed by atoms with E-state index in [1.54, 1.807) is 13.0 Å². The van der Waals surface area contributed by atoms with Crippen LogP contribution in [0.3, 0.4) is 0 Å². The lowest BCUT2D eigenvalue weighted by Crippen LogP contribution is -2.27. The highest BCUT2D eigenvalue weighted by Crippen LogP contribution is 2.31. The molecule has 0 spiro atoms. The van der Waals surface area contributed by atoms with E-state index in [0.717, 1.165) is 0 Å². The van der Waals surface area contributed by atoms with Gasteiger partial charge in [0.25, 0.3) is 0 Å². The Morgan fingerprint density at radius 2 is 2.25 bits per heavy atom. The average molecular weight is 366 g/mol. The van der Waals surface area contributed by atoms with Crippen LogP contribution >= 0.6 is 15.9 Å². The highest BCUT2D eigenvalue weighted by molar-refractivity contribution is 9.10. The summed E-state index contributed by atoms with van der Waals surface area (Å²) in [5.41, 5.74) is 6.79. The van der Waals surface area contributed by atoms with Gasteiger partial charge in [-0.1, -0.05) is 0 Å². The molecule has 1 atom stereocenters. The number of anilines is 2. The van der Waals surface area contributed by atoms with Crippen molar-refractivity contribution in [1.82, 2.24) is 4.98 Å². The van der Waals surface area contributed by atoms with E-state index in [9.17, 15) is 17.1 Å². The SMILES string of the molecule is Cc1nc(N2CC(CS(=O)(=O)F)CC2=O)c(N)cc1Br. The number of halogens is 2. The minimum Gasteiger partial charge on any atom is -0.396 e. The van der Waals surface area contributed by atoms with Crippen molar-refractivity contribution in [3.63, 3.8) is 0 Å². The van der Waals surface area contributed by atoms with Crippen LogP contribution in [-0.2, 0) is 15.0 Å². The molecule has 2 heterocycles. The highest BCUT2D eigenvalue weighted by atomic mass is 79.9. The Balaban J connectivity index is 2.26. The van der Waals surface area contributed by atoms with Crippen molar-refractivity contribution in [3.8, 4) is 0 Å². The number of nitrogens with two attached hydrogens (primary N) is 1.